The predicted molar refractivity (Wildman–Crippen MR) is 304 cm³/mol. The number of aliphatic hydroxyl groups is 1. The normalized spacial score (nSPS) is 26.7. The smallest absolute Gasteiger partial charge is 0.332 e. The van der Waals surface area contributed by atoms with Gasteiger partial charge in [0.05, 0.1) is 11.6 Å². The van der Waals surface area contributed by atoms with Gasteiger partial charge in [0, 0.05) is 90.6 Å². The molecular formula is C62H94N6O11. The van der Waals surface area contributed by atoms with E-state index in [9.17, 15) is 38.7 Å². The van der Waals surface area contributed by atoms with Crippen LogP contribution in [0.2, 0.25) is 0 Å². The molecule has 2 aliphatic heterocycles. The van der Waals surface area contributed by atoms with Gasteiger partial charge in [-0.1, -0.05) is 136 Å². The molecule has 2 fully saturated rings. The molecule has 11 atom stereocenters. The number of Topliss-reactive ketones (excluding diaryl/α,β-unsaturated/α-hetero) is 2. The highest BCUT2D eigenvalue weighted by molar-refractivity contribution is 5.98. The van der Waals surface area contributed by atoms with Gasteiger partial charge >= 0.3 is 5.97 Å². The Morgan fingerprint density at radius 3 is 1.66 bits per heavy atom. The number of benzene rings is 2. The van der Waals surface area contributed by atoms with Crippen molar-refractivity contribution in [2.75, 3.05) is 41.3 Å². The molecule has 6 amide bonds. The van der Waals surface area contributed by atoms with Gasteiger partial charge in [-0.15, -0.1) is 0 Å². The van der Waals surface area contributed by atoms with Crippen LogP contribution in [0.5, 0.6) is 0 Å². The molecule has 2 saturated heterocycles. The Kier molecular flexibility index (Phi) is 24.0. The zero-order valence-corrected chi connectivity index (χ0v) is 50.2. The number of likely N-dealkylation sites (N-methyl/N-ethyl adjacent to an activating group) is 4. The third-order valence-electron chi connectivity index (χ3n) is 16.5. The van der Waals surface area contributed by atoms with Crippen molar-refractivity contribution in [3.8, 4) is 0 Å². The van der Waals surface area contributed by atoms with E-state index in [1.807, 2.05) is 109 Å². The van der Waals surface area contributed by atoms with Gasteiger partial charge in [0.1, 0.15) is 23.9 Å². The Labute approximate surface area is 470 Å². The van der Waals surface area contributed by atoms with Crippen molar-refractivity contribution in [2.45, 2.75) is 176 Å². The minimum Gasteiger partial charge on any atom is -0.450 e. The summed E-state index contributed by atoms with van der Waals surface area (Å²) in [6.45, 7) is 21.3. The maximum absolute atomic E-state index is 15.2. The molecule has 2 aromatic carbocycles. The van der Waals surface area contributed by atoms with Crippen LogP contribution in [0.1, 0.15) is 133 Å². The Morgan fingerprint density at radius 1 is 0.620 bits per heavy atom. The van der Waals surface area contributed by atoms with Crippen molar-refractivity contribution in [3.63, 3.8) is 0 Å². The zero-order valence-electron chi connectivity index (χ0n) is 50.2. The molecule has 2 N–H and O–H groups in total. The van der Waals surface area contributed by atoms with Crippen molar-refractivity contribution in [3.05, 3.63) is 71.8 Å². The standard InChI is InChI=1S/C62H94N6O11/c1-17-40(9)46-35-49(69)44-29-30-68(36-44)59(75)48(33-43-27-23-20-24-28-43)64(13)58(74)47(32-42-25-21-19-22-26-42)63-55(71)52(39(7)8)66(15)60(76)53(41(10)18-2)79-61(77)54(62(11,12)78)67(16)56(72)45(31-37(3)4)34-50(70)51(38(5)6)65(14)57(46)73/h19-28,37-41,44-48,51-54,78H,17-18,29-36H2,1-16H3,(H,63,71)/t40?,41?,44-,45-,46+,47+,48+,51+,52+,53-,54?/m1/s1. The van der Waals surface area contributed by atoms with Gasteiger partial charge in [-0.2, -0.15) is 0 Å². The van der Waals surface area contributed by atoms with Crippen LogP contribution in [0, 0.1) is 47.3 Å². The molecule has 4 rings (SSSR count). The highest BCUT2D eigenvalue weighted by atomic mass is 16.6. The molecule has 2 aliphatic rings. The van der Waals surface area contributed by atoms with Crippen LogP contribution in [0.3, 0.4) is 0 Å². The quantitative estimate of drug-likeness (QED) is 0.209. The number of rotatable bonds is 13. The van der Waals surface area contributed by atoms with Crippen LogP contribution in [0.15, 0.2) is 60.7 Å². The number of amides is 6. The zero-order chi connectivity index (χ0) is 59.4. The number of hydrogen-bond donors (Lipinski definition) is 2. The first-order chi connectivity index (χ1) is 37.0. The highest BCUT2D eigenvalue weighted by Gasteiger charge is 2.47. The summed E-state index contributed by atoms with van der Waals surface area (Å²) in [7, 11) is 5.86. The first-order valence-corrected chi connectivity index (χ1v) is 28.7. The number of cyclic esters (lactones) is 1. The number of hydrogen-bond acceptors (Lipinski definition) is 11. The molecular weight excluding hydrogens is 1000 g/mol. The molecule has 2 aromatic rings. The van der Waals surface area contributed by atoms with Gasteiger partial charge in [-0.3, -0.25) is 38.4 Å². The molecule has 2 bridgehead atoms. The summed E-state index contributed by atoms with van der Waals surface area (Å²) >= 11 is 0. The Bertz CT molecular complexity index is 2420. The van der Waals surface area contributed by atoms with E-state index in [4.69, 9.17) is 4.74 Å². The maximum Gasteiger partial charge on any atom is 0.332 e. The molecule has 0 aromatic heterocycles. The molecule has 17 nitrogen and oxygen atoms in total. The van der Waals surface area contributed by atoms with E-state index >= 15 is 9.59 Å². The number of ether oxygens (including phenoxy) is 1. The topological polar surface area (TPSA) is 211 Å². The van der Waals surface area contributed by atoms with Crippen LogP contribution in [-0.2, 0) is 60.7 Å². The van der Waals surface area contributed by atoms with Crippen LogP contribution in [-0.4, -0.2) is 166 Å². The van der Waals surface area contributed by atoms with E-state index in [1.165, 1.54) is 49.7 Å². The average Bonchev–Trinajstić information content (AvgIpc) is 3.93. The SMILES string of the molecule is CCC(C)[C@@H]1CC(=O)[C@@H]2CCN(C2)C(=O)[C@H](Cc2ccccc2)N(C)C(=O)[C@H](Cc2ccccc2)NC(=O)[C@H](C(C)C)N(C)C(=O)[C@@H](C(C)CC)OC(=O)C(C(C)(C)O)N(C)C(=O)[C@H](CC(C)C)CC(=O)[C@H](C(C)C)N(C)C1=O. The second-order valence-electron chi connectivity index (χ2n) is 24.4. The van der Waals surface area contributed by atoms with Crippen LogP contribution in [0.4, 0.5) is 0 Å². The summed E-state index contributed by atoms with van der Waals surface area (Å²) in [6.07, 6.45) is -0.321. The van der Waals surface area contributed by atoms with Crippen molar-refractivity contribution in [1.82, 2.24) is 29.8 Å². The second-order valence-corrected chi connectivity index (χ2v) is 24.4. The summed E-state index contributed by atoms with van der Waals surface area (Å²) in [4.78, 5) is 140. The molecule has 0 saturated carbocycles. The van der Waals surface area contributed by atoms with E-state index in [0.29, 0.717) is 24.8 Å². The van der Waals surface area contributed by atoms with E-state index in [0.717, 1.165) is 10.5 Å². The number of fused-ring (bicyclic) bond motifs is 2. The minimum absolute atomic E-state index is 0.0256. The number of esters is 1. The largest absolute Gasteiger partial charge is 0.450 e. The van der Waals surface area contributed by atoms with Crippen molar-refractivity contribution >= 4 is 53.0 Å². The lowest BCUT2D eigenvalue weighted by Crippen LogP contribution is -2.61. The van der Waals surface area contributed by atoms with Crippen LogP contribution < -0.4 is 5.32 Å². The average molecular weight is 1100 g/mol. The monoisotopic (exact) mass is 1100 g/mol. The molecule has 0 spiro atoms. The van der Waals surface area contributed by atoms with E-state index < -0.39 is 113 Å². The molecule has 438 valence electrons. The minimum atomic E-state index is -1.94. The van der Waals surface area contributed by atoms with Crippen molar-refractivity contribution in [1.29, 1.82) is 0 Å². The summed E-state index contributed by atoms with van der Waals surface area (Å²) in [6, 6.07) is 12.2. The summed E-state index contributed by atoms with van der Waals surface area (Å²) in [5, 5.41) is 14.7. The Morgan fingerprint density at radius 2 is 1.15 bits per heavy atom. The highest BCUT2D eigenvalue weighted by Crippen LogP contribution is 2.32. The molecule has 17 heteroatoms. The summed E-state index contributed by atoms with van der Waals surface area (Å²) in [5.41, 5.74) is -0.444. The Balaban J connectivity index is 1.93. The number of carbonyl (C=O) groups is 9. The lowest BCUT2D eigenvalue weighted by Gasteiger charge is -2.39. The molecule has 3 unspecified atom stereocenters. The second kappa shape index (κ2) is 29.0. The predicted octanol–water partition coefficient (Wildman–Crippen LogP) is 6.41. The first kappa shape index (κ1) is 65.5. The summed E-state index contributed by atoms with van der Waals surface area (Å²) in [5.74, 6) is -9.41. The molecule has 79 heavy (non-hydrogen) atoms. The van der Waals surface area contributed by atoms with Gasteiger partial charge in [-0.05, 0) is 67.9 Å². The van der Waals surface area contributed by atoms with Crippen LogP contribution in [0.25, 0.3) is 0 Å². The lowest BCUT2D eigenvalue weighted by atomic mass is 9.82. The van der Waals surface area contributed by atoms with E-state index in [1.54, 1.807) is 32.7 Å². The molecule has 0 radical (unpaired) electrons. The van der Waals surface area contributed by atoms with Gasteiger partial charge < -0.3 is 39.7 Å². The number of ketones is 2. The third kappa shape index (κ3) is 16.8. The molecule has 0 aliphatic carbocycles. The first-order valence-electron chi connectivity index (χ1n) is 28.7. The Hall–Kier alpha value is -5.97. The third-order valence-corrected chi connectivity index (χ3v) is 16.5. The maximum atomic E-state index is 15.2. The van der Waals surface area contributed by atoms with Crippen LogP contribution >= 0.6 is 0 Å². The van der Waals surface area contributed by atoms with Gasteiger partial charge in [-0.25, -0.2) is 4.79 Å². The fraction of sp³-hybridized carbons (Fsp3) is 0.661. The van der Waals surface area contributed by atoms with E-state index in [-0.39, 0.29) is 74.5 Å². The van der Waals surface area contributed by atoms with Gasteiger partial charge in [0.25, 0.3) is 5.91 Å². The number of carbonyl (C=O) groups excluding carboxylic acids is 9. The lowest BCUT2D eigenvalue weighted by molar-refractivity contribution is -0.178. The van der Waals surface area contributed by atoms with Crippen molar-refractivity contribution in [2.24, 2.45) is 47.3 Å². The fourth-order valence-corrected chi connectivity index (χ4v) is 11.6. The van der Waals surface area contributed by atoms with Gasteiger partial charge in [0.2, 0.25) is 29.5 Å². The fourth-order valence-electron chi connectivity index (χ4n) is 11.6. The van der Waals surface area contributed by atoms with Gasteiger partial charge in [0.15, 0.2) is 17.9 Å². The number of nitrogens with one attached hydrogen (secondary N) is 1. The number of nitrogens with zero attached hydrogens (tertiary/aromatic N) is 5. The van der Waals surface area contributed by atoms with Crippen molar-refractivity contribution < 1.29 is 53.0 Å². The molecule has 2 heterocycles. The van der Waals surface area contributed by atoms with E-state index in [2.05, 4.69) is 5.32 Å². The summed E-state index contributed by atoms with van der Waals surface area (Å²) < 4.78 is 6.12.